The zero-order valence-electron chi connectivity index (χ0n) is 20.3. The molecular formula is C27H25ClN4O4S. The number of amides is 2. The molecule has 0 saturated heterocycles. The minimum atomic E-state index is -4.23. The van der Waals surface area contributed by atoms with Gasteiger partial charge in [-0.2, -0.15) is 0 Å². The number of carbonyl (C=O) groups excluding carboxylic acids is 2. The van der Waals surface area contributed by atoms with Crippen LogP contribution in [0.4, 0.5) is 11.4 Å². The third-order valence-corrected chi connectivity index (χ3v) is 8.21. The fraction of sp³-hybridized carbons (Fsp3) is 0.222. The fourth-order valence-electron chi connectivity index (χ4n) is 3.98. The van der Waals surface area contributed by atoms with Gasteiger partial charge in [0.15, 0.2) is 0 Å². The smallest absolute Gasteiger partial charge is 0.265 e. The number of hydrogen-bond acceptors (Lipinski definition) is 5. The maximum atomic E-state index is 14.0. The summed E-state index contributed by atoms with van der Waals surface area (Å²) < 4.78 is 28.9. The largest absolute Gasteiger partial charge is 0.355 e. The van der Waals surface area contributed by atoms with E-state index in [1.54, 1.807) is 68.7 Å². The lowest BCUT2D eigenvalue weighted by Crippen LogP contribution is -2.52. The number of rotatable bonds is 6. The van der Waals surface area contributed by atoms with E-state index in [4.69, 9.17) is 11.6 Å². The van der Waals surface area contributed by atoms with Gasteiger partial charge in [0, 0.05) is 35.9 Å². The average molecular weight is 537 g/mol. The molecule has 10 heteroatoms. The molecule has 2 N–H and O–H groups in total. The second-order valence-electron chi connectivity index (χ2n) is 8.53. The molecule has 4 rings (SSSR count). The molecule has 1 aromatic heterocycles. The van der Waals surface area contributed by atoms with Gasteiger partial charge in [0.25, 0.3) is 10.0 Å². The van der Waals surface area contributed by atoms with Gasteiger partial charge in [0.2, 0.25) is 11.8 Å². The number of nitrogens with zero attached hydrogens (tertiary/aromatic N) is 2. The van der Waals surface area contributed by atoms with Gasteiger partial charge in [0.1, 0.15) is 6.04 Å². The van der Waals surface area contributed by atoms with Crippen LogP contribution in [0.1, 0.15) is 29.5 Å². The first-order chi connectivity index (χ1) is 17.7. The first kappa shape index (κ1) is 26.2. The SMILES string of the molecule is Cc1cc(S(=O)(=O)N2c3ccccc3NC(=O)[C@H]2CC(=O)NCCC#Cc2ccncc2)c(C)cc1Cl. The Bertz CT molecular complexity index is 1510. The third-order valence-electron chi connectivity index (χ3n) is 5.84. The van der Waals surface area contributed by atoms with Gasteiger partial charge < -0.3 is 10.6 Å². The highest BCUT2D eigenvalue weighted by molar-refractivity contribution is 7.93. The van der Waals surface area contributed by atoms with Crippen molar-refractivity contribution in [2.45, 2.75) is 37.6 Å². The summed E-state index contributed by atoms with van der Waals surface area (Å²) in [5, 5.41) is 5.89. The van der Waals surface area contributed by atoms with E-state index in [1.807, 2.05) is 0 Å². The summed E-state index contributed by atoms with van der Waals surface area (Å²) in [5.41, 5.74) is 2.47. The minimum absolute atomic E-state index is 0.0238. The molecule has 1 aliphatic rings. The van der Waals surface area contributed by atoms with Crippen molar-refractivity contribution in [2.75, 3.05) is 16.2 Å². The maximum absolute atomic E-state index is 14.0. The van der Waals surface area contributed by atoms with Gasteiger partial charge in [-0.1, -0.05) is 35.6 Å². The number of anilines is 2. The predicted molar refractivity (Wildman–Crippen MR) is 143 cm³/mol. The van der Waals surface area contributed by atoms with E-state index in [0.29, 0.717) is 28.3 Å². The lowest BCUT2D eigenvalue weighted by molar-refractivity contribution is -0.125. The molecule has 0 bridgehead atoms. The molecule has 0 aliphatic carbocycles. The van der Waals surface area contributed by atoms with Gasteiger partial charge in [-0.25, -0.2) is 8.42 Å². The van der Waals surface area contributed by atoms with Crippen LogP contribution in [-0.2, 0) is 19.6 Å². The highest BCUT2D eigenvalue weighted by Crippen LogP contribution is 2.38. The molecule has 0 fully saturated rings. The quantitative estimate of drug-likeness (QED) is 0.368. The van der Waals surface area contributed by atoms with E-state index < -0.39 is 27.9 Å². The fourth-order valence-corrected chi connectivity index (χ4v) is 6.13. The topological polar surface area (TPSA) is 108 Å². The Morgan fingerprint density at radius 3 is 2.62 bits per heavy atom. The van der Waals surface area contributed by atoms with E-state index in [-0.39, 0.29) is 23.5 Å². The lowest BCUT2D eigenvalue weighted by Gasteiger charge is -2.37. The molecule has 0 saturated carbocycles. The Kier molecular flexibility index (Phi) is 7.81. The molecule has 3 aromatic rings. The standard InChI is InChI=1S/C27H25ClN4O4S/c1-18-16-25(19(2)15-21(18)28)37(35,36)32-23-9-4-3-8-22(23)31-27(34)24(32)17-26(33)30-12-6-5-7-20-10-13-29-14-11-20/h3-4,8-11,13-16,24H,6,12,17H2,1-2H3,(H,30,33)(H,31,34)/t24-/m1/s1. The summed E-state index contributed by atoms with van der Waals surface area (Å²) in [6.07, 6.45) is 3.32. The van der Waals surface area contributed by atoms with E-state index in [2.05, 4.69) is 27.5 Å². The van der Waals surface area contributed by atoms with Crippen molar-refractivity contribution < 1.29 is 18.0 Å². The van der Waals surface area contributed by atoms with Crippen LogP contribution in [0.25, 0.3) is 0 Å². The van der Waals surface area contributed by atoms with Crippen molar-refractivity contribution in [3.8, 4) is 11.8 Å². The van der Waals surface area contributed by atoms with Crippen molar-refractivity contribution >= 4 is 44.8 Å². The number of halogens is 1. The summed E-state index contributed by atoms with van der Waals surface area (Å²) in [6, 6.07) is 11.9. The molecule has 37 heavy (non-hydrogen) atoms. The molecule has 1 atom stereocenters. The second kappa shape index (κ2) is 11.0. The first-order valence-electron chi connectivity index (χ1n) is 11.5. The van der Waals surface area contributed by atoms with Crippen molar-refractivity contribution in [1.82, 2.24) is 10.3 Å². The number of fused-ring (bicyclic) bond motifs is 1. The zero-order valence-corrected chi connectivity index (χ0v) is 21.9. The van der Waals surface area contributed by atoms with E-state index in [9.17, 15) is 18.0 Å². The van der Waals surface area contributed by atoms with E-state index >= 15 is 0 Å². The minimum Gasteiger partial charge on any atom is -0.355 e. The van der Waals surface area contributed by atoms with E-state index in [0.717, 1.165) is 9.87 Å². The summed E-state index contributed by atoms with van der Waals surface area (Å²) >= 11 is 6.19. The molecule has 190 valence electrons. The molecule has 0 spiro atoms. The van der Waals surface area contributed by atoms with Gasteiger partial charge in [0.05, 0.1) is 22.7 Å². The molecule has 1 aliphatic heterocycles. The highest BCUT2D eigenvalue weighted by Gasteiger charge is 2.42. The number of benzene rings is 2. The number of aromatic nitrogens is 1. The Morgan fingerprint density at radius 1 is 1.14 bits per heavy atom. The molecule has 2 aromatic carbocycles. The second-order valence-corrected chi connectivity index (χ2v) is 10.7. The third kappa shape index (κ3) is 5.77. The predicted octanol–water partition coefficient (Wildman–Crippen LogP) is 3.82. The zero-order chi connectivity index (χ0) is 26.6. The molecule has 0 radical (unpaired) electrons. The average Bonchev–Trinajstić information content (AvgIpc) is 2.86. The van der Waals surface area contributed by atoms with Crippen LogP contribution in [0.2, 0.25) is 5.02 Å². The number of para-hydroxylation sites is 2. The monoisotopic (exact) mass is 536 g/mol. The Morgan fingerprint density at radius 2 is 1.86 bits per heavy atom. The molecule has 0 unspecified atom stereocenters. The Hall–Kier alpha value is -3.87. The summed E-state index contributed by atoms with van der Waals surface area (Å²) in [4.78, 5) is 29.8. The van der Waals surface area contributed by atoms with Gasteiger partial charge in [-0.3, -0.25) is 18.9 Å². The summed E-state index contributed by atoms with van der Waals surface area (Å²) in [5.74, 6) is 4.89. The molecule has 2 amide bonds. The molecule has 2 heterocycles. The molecular weight excluding hydrogens is 512 g/mol. The molecule has 8 nitrogen and oxygen atoms in total. The Balaban J connectivity index is 1.57. The van der Waals surface area contributed by atoms with Crippen LogP contribution in [0.15, 0.2) is 65.8 Å². The van der Waals surface area contributed by atoms with Crippen molar-refractivity contribution in [3.63, 3.8) is 0 Å². The van der Waals surface area contributed by atoms with E-state index in [1.165, 1.54) is 6.07 Å². The van der Waals surface area contributed by atoms with Crippen LogP contribution < -0.4 is 14.9 Å². The van der Waals surface area contributed by atoms with Crippen molar-refractivity contribution in [3.05, 3.63) is 82.6 Å². The van der Waals surface area contributed by atoms with Crippen molar-refractivity contribution in [2.24, 2.45) is 0 Å². The van der Waals surface area contributed by atoms with Crippen LogP contribution >= 0.6 is 11.6 Å². The lowest BCUT2D eigenvalue weighted by atomic mass is 10.1. The number of pyridine rings is 1. The first-order valence-corrected chi connectivity index (χ1v) is 13.4. The number of nitrogens with one attached hydrogen (secondary N) is 2. The maximum Gasteiger partial charge on any atom is 0.265 e. The number of hydrogen-bond donors (Lipinski definition) is 2. The normalized spacial score (nSPS) is 14.7. The van der Waals surface area contributed by atoms with Gasteiger partial charge >= 0.3 is 0 Å². The van der Waals surface area contributed by atoms with Crippen LogP contribution in [0.5, 0.6) is 0 Å². The number of sulfonamides is 1. The van der Waals surface area contributed by atoms with Gasteiger partial charge in [-0.05, 0) is 61.4 Å². The van der Waals surface area contributed by atoms with Crippen LogP contribution in [-0.4, -0.2) is 37.8 Å². The van der Waals surface area contributed by atoms with Crippen LogP contribution in [0, 0.1) is 25.7 Å². The van der Waals surface area contributed by atoms with Gasteiger partial charge in [-0.15, -0.1) is 0 Å². The summed E-state index contributed by atoms with van der Waals surface area (Å²) in [7, 11) is -4.23. The number of aryl methyl sites for hydroxylation is 2. The Labute approximate surface area is 221 Å². The summed E-state index contributed by atoms with van der Waals surface area (Å²) in [6.45, 7) is 3.60. The van der Waals surface area contributed by atoms with Crippen LogP contribution in [0.3, 0.4) is 0 Å². The highest BCUT2D eigenvalue weighted by atomic mass is 35.5. The number of carbonyl (C=O) groups is 2. The van der Waals surface area contributed by atoms with Crippen molar-refractivity contribution in [1.29, 1.82) is 0 Å².